The molecule has 0 amide bonds. The van der Waals surface area contributed by atoms with E-state index in [1.54, 1.807) is 6.07 Å². The topological polar surface area (TPSA) is 53.9 Å². The molecule has 2 aliphatic rings. The molecule has 0 saturated heterocycles. The van der Waals surface area contributed by atoms with E-state index in [4.69, 9.17) is 4.74 Å². The van der Waals surface area contributed by atoms with Gasteiger partial charge in [0.2, 0.25) is 5.88 Å². The lowest BCUT2D eigenvalue weighted by molar-refractivity contribution is -0.137. The summed E-state index contributed by atoms with van der Waals surface area (Å²) >= 11 is 0. The summed E-state index contributed by atoms with van der Waals surface area (Å²) in [6, 6.07) is 11.3. The number of benzene rings is 2. The molecule has 0 bridgehead atoms. The Bertz CT molecular complexity index is 870. The Morgan fingerprint density at radius 3 is 2.46 bits per heavy atom. The van der Waals surface area contributed by atoms with E-state index in [9.17, 15) is 18.3 Å². The monoisotopic (exact) mass is 332 g/mol. The zero-order valence-electron chi connectivity index (χ0n) is 12.1. The third kappa shape index (κ3) is 2.29. The molecule has 0 aromatic heterocycles. The third-order valence-corrected chi connectivity index (χ3v) is 3.90. The van der Waals surface area contributed by atoms with Gasteiger partial charge in [0.1, 0.15) is 17.6 Å². The van der Waals surface area contributed by atoms with Crippen molar-refractivity contribution >= 4 is 5.84 Å². The first-order chi connectivity index (χ1) is 11.4. The second-order valence-electron chi connectivity index (χ2n) is 5.43. The number of aliphatic imine (C=N–C) groups is 1. The molecule has 0 aliphatic carbocycles. The summed E-state index contributed by atoms with van der Waals surface area (Å²) in [7, 11) is 0. The minimum absolute atomic E-state index is 0.193. The molecule has 0 saturated carbocycles. The number of ether oxygens (including phenoxy) is 1. The molecule has 24 heavy (non-hydrogen) atoms. The van der Waals surface area contributed by atoms with Crippen LogP contribution in [0.2, 0.25) is 0 Å². The molecule has 0 spiro atoms. The molecule has 4 rings (SSSR count). The van der Waals surface area contributed by atoms with E-state index in [1.807, 2.05) is 18.2 Å². The van der Waals surface area contributed by atoms with Crippen LogP contribution in [0.25, 0.3) is 0 Å². The molecule has 7 heteroatoms. The standard InChI is InChI=1S/C17H11F3N2O2/c18-17(19,20)10-7-5-9(6-8-10)15-21-13-11-3-1-2-4-12(11)24-14(13)16(23)22-15/h1-8,13,23H,(H,21,22). The van der Waals surface area contributed by atoms with Gasteiger partial charge in [-0.25, -0.2) is 0 Å². The molecule has 2 aromatic rings. The number of nitrogens with one attached hydrogen (secondary N) is 1. The molecule has 2 N–H and O–H groups in total. The normalized spacial score (nSPS) is 19.1. The minimum Gasteiger partial charge on any atom is -0.492 e. The van der Waals surface area contributed by atoms with Crippen LogP contribution in [0.15, 0.2) is 65.2 Å². The summed E-state index contributed by atoms with van der Waals surface area (Å²) in [6.07, 6.45) is -4.40. The number of amidine groups is 1. The number of rotatable bonds is 1. The highest BCUT2D eigenvalue weighted by Crippen LogP contribution is 2.43. The van der Waals surface area contributed by atoms with Gasteiger partial charge in [0.25, 0.3) is 0 Å². The van der Waals surface area contributed by atoms with Gasteiger partial charge in [-0.05, 0) is 18.2 Å². The van der Waals surface area contributed by atoms with Crippen LogP contribution in [-0.4, -0.2) is 10.9 Å². The van der Waals surface area contributed by atoms with Crippen LogP contribution in [0.4, 0.5) is 13.2 Å². The van der Waals surface area contributed by atoms with E-state index in [1.165, 1.54) is 12.1 Å². The number of hydrogen-bond acceptors (Lipinski definition) is 4. The van der Waals surface area contributed by atoms with Crippen molar-refractivity contribution in [2.45, 2.75) is 12.2 Å². The Labute approximate surface area is 134 Å². The summed E-state index contributed by atoms with van der Waals surface area (Å²) in [5.74, 6) is 0.978. The van der Waals surface area contributed by atoms with E-state index in [0.717, 1.165) is 17.7 Å². The molecule has 2 aliphatic heterocycles. The smallest absolute Gasteiger partial charge is 0.416 e. The predicted octanol–water partition coefficient (Wildman–Crippen LogP) is 3.92. The molecular weight excluding hydrogens is 321 g/mol. The van der Waals surface area contributed by atoms with E-state index >= 15 is 0 Å². The Kier molecular flexibility index (Phi) is 3.06. The van der Waals surface area contributed by atoms with E-state index in [-0.39, 0.29) is 17.5 Å². The molecule has 1 unspecified atom stereocenters. The van der Waals surface area contributed by atoms with Crippen LogP contribution in [0.3, 0.4) is 0 Å². The Morgan fingerprint density at radius 1 is 1.04 bits per heavy atom. The molecule has 0 fully saturated rings. The molecular formula is C17H11F3N2O2. The lowest BCUT2D eigenvalue weighted by atomic mass is 10.0. The molecule has 4 nitrogen and oxygen atoms in total. The summed E-state index contributed by atoms with van der Waals surface area (Å²) in [5, 5.41) is 12.8. The van der Waals surface area contributed by atoms with Crippen molar-refractivity contribution in [3.8, 4) is 5.75 Å². The van der Waals surface area contributed by atoms with Gasteiger partial charge in [0, 0.05) is 11.1 Å². The van der Waals surface area contributed by atoms with E-state index in [2.05, 4.69) is 10.3 Å². The van der Waals surface area contributed by atoms with Crippen LogP contribution in [0, 0.1) is 0 Å². The maximum atomic E-state index is 12.7. The second-order valence-corrected chi connectivity index (χ2v) is 5.43. The molecule has 2 heterocycles. The van der Waals surface area contributed by atoms with Crippen LogP contribution < -0.4 is 10.1 Å². The quantitative estimate of drug-likeness (QED) is 0.832. The highest BCUT2D eigenvalue weighted by Gasteiger charge is 2.36. The lowest BCUT2D eigenvalue weighted by Gasteiger charge is -2.19. The van der Waals surface area contributed by atoms with Crippen LogP contribution in [-0.2, 0) is 6.18 Å². The van der Waals surface area contributed by atoms with Gasteiger partial charge in [0.05, 0.1) is 5.56 Å². The van der Waals surface area contributed by atoms with Gasteiger partial charge in [-0.15, -0.1) is 0 Å². The summed E-state index contributed by atoms with van der Waals surface area (Å²) < 4.78 is 43.5. The van der Waals surface area contributed by atoms with Crippen molar-refractivity contribution in [1.29, 1.82) is 0 Å². The summed E-state index contributed by atoms with van der Waals surface area (Å²) in [5.41, 5.74) is 0.501. The fraction of sp³-hybridized carbons (Fsp3) is 0.118. The number of hydrogen-bond donors (Lipinski definition) is 2. The van der Waals surface area contributed by atoms with Gasteiger partial charge in [-0.3, -0.25) is 4.99 Å². The summed E-state index contributed by atoms with van der Waals surface area (Å²) in [6.45, 7) is 0. The minimum atomic E-state index is -4.40. The highest BCUT2D eigenvalue weighted by atomic mass is 19.4. The van der Waals surface area contributed by atoms with Gasteiger partial charge >= 0.3 is 6.18 Å². The highest BCUT2D eigenvalue weighted by molar-refractivity contribution is 6.00. The van der Waals surface area contributed by atoms with Gasteiger partial charge in [-0.1, -0.05) is 30.3 Å². The number of alkyl halides is 3. The number of aliphatic hydroxyl groups excluding tert-OH is 1. The number of fused-ring (bicyclic) bond motifs is 3. The molecule has 1 atom stereocenters. The Morgan fingerprint density at radius 2 is 1.75 bits per heavy atom. The lowest BCUT2D eigenvalue weighted by Crippen LogP contribution is -2.30. The second kappa shape index (κ2) is 5.02. The molecule has 122 valence electrons. The van der Waals surface area contributed by atoms with E-state index in [0.29, 0.717) is 11.3 Å². The maximum absolute atomic E-state index is 12.7. The SMILES string of the molecule is OC1=C2Oc3ccccc3C2N=C(c2ccc(C(F)(F)F)cc2)N1. The molecule has 0 radical (unpaired) electrons. The van der Waals surface area contributed by atoms with Crippen LogP contribution in [0.1, 0.15) is 22.7 Å². The summed E-state index contributed by atoms with van der Waals surface area (Å²) in [4.78, 5) is 4.48. The number of nitrogens with zero attached hydrogens (tertiary/aromatic N) is 1. The fourth-order valence-electron chi connectivity index (χ4n) is 2.72. The van der Waals surface area contributed by atoms with Crippen LogP contribution in [0.5, 0.6) is 5.75 Å². The zero-order valence-corrected chi connectivity index (χ0v) is 12.1. The number of aliphatic hydroxyl groups is 1. The largest absolute Gasteiger partial charge is 0.492 e. The zero-order chi connectivity index (χ0) is 16.9. The van der Waals surface area contributed by atoms with Gasteiger partial charge < -0.3 is 15.2 Å². The first kappa shape index (κ1) is 14.6. The third-order valence-electron chi connectivity index (χ3n) is 3.90. The van der Waals surface area contributed by atoms with Crippen molar-refractivity contribution in [3.63, 3.8) is 0 Å². The van der Waals surface area contributed by atoms with Gasteiger partial charge in [0.15, 0.2) is 5.76 Å². The first-order valence-corrected chi connectivity index (χ1v) is 7.16. The van der Waals surface area contributed by atoms with Gasteiger partial charge in [-0.2, -0.15) is 13.2 Å². The molecule has 2 aromatic carbocycles. The number of halogens is 3. The van der Waals surface area contributed by atoms with Crippen molar-refractivity contribution < 1.29 is 23.0 Å². The fourth-order valence-corrected chi connectivity index (χ4v) is 2.72. The van der Waals surface area contributed by atoms with Crippen molar-refractivity contribution in [3.05, 3.63) is 76.9 Å². The average Bonchev–Trinajstić information content (AvgIpc) is 2.94. The van der Waals surface area contributed by atoms with Crippen molar-refractivity contribution in [2.24, 2.45) is 4.99 Å². The Balaban J connectivity index is 1.71. The van der Waals surface area contributed by atoms with Crippen LogP contribution >= 0.6 is 0 Å². The Hall–Kier alpha value is -2.96. The van der Waals surface area contributed by atoms with E-state index < -0.39 is 17.8 Å². The average molecular weight is 332 g/mol. The number of para-hydroxylation sites is 1. The van der Waals surface area contributed by atoms with Crippen molar-refractivity contribution in [1.82, 2.24) is 5.32 Å². The van der Waals surface area contributed by atoms with Crippen molar-refractivity contribution in [2.75, 3.05) is 0 Å². The first-order valence-electron chi connectivity index (χ1n) is 7.16. The predicted molar refractivity (Wildman–Crippen MR) is 80.6 cm³/mol. The maximum Gasteiger partial charge on any atom is 0.416 e.